The Bertz CT molecular complexity index is 269. The van der Waals surface area contributed by atoms with Gasteiger partial charge in [-0.05, 0) is 36.6 Å². The van der Waals surface area contributed by atoms with Gasteiger partial charge in [0.15, 0.2) is 0 Å². The second-order valence-electron chi connectivity index (χ2n) is 2.96. The van der Waals surface area contributed by atoms with Crippen molar-refractivity contribution >= 4 is 0 Å². The lowest BCUT2D eigenvalue weighted by Crippen LogP contribution is -1.97. The molecular weight excluding hydrogens is 152 g/mol. The maximum Gasteiger partial charge on any atom is 0.115 e. The number of hydrogen-bond acceptors (Lipinski definition) is 2. The summed E-state index contributed by atoms with van der Waals surface area (Å²) in [5, 5.41) is 18.6. The quantitative estimate of drug-likeness (QED) is 0.706. The molecule has 0 spiro atoms. The number of aromatic hydroxyl groups is 1. The minimum atomic E-state index is -0.411. The summed E-state index contributed by atoms with van der Waals surface area (Å²) in [4.78, 5) is 0. The lowest BCUT2D eigenvalue weighted by Gasteiger charge is -2.11. The zero-order valence-electron chi connectivity index (χ0n) is 7.41. The molecule has 2 nitrogen and oxygen atoms in total. The van der Waals surface area contributed by atoms with Crippen LogP contribution in [0, 0.1) is 6.92 Å². The zero-order chi connectivity index (χ0) is 9.14. The van der Waals surface area contributed by atoms with E-state index in [1.807, 2.05) is 13.8 Å². The summed E-state index contributed by atoms with van der Waals surface area (Å²) in [6, 6.07) is 5.02. The van der Waals surface area contributed by atoms with Crippen LogP contribution >= 0.6 is 0 Å². The maximum atomic E-state index is 9.52. The van der Waals surface area contributed by atoms with Crippen LogP contribution in [0.25, 0.3) is 0 Å². The fraction of sp³-hybridized carbons (Fsp3) is 0.400. The molecule has 0 saturated carbocycles. The van der Waals surface area contributed by atoms with Gasteiger partial charge < -0.3 is 10.2 Å². The molecule has 2 N–H and O–H groups in total. The average molecular weight is 166 g/mol. The first kappa shape index (κ1) is 9.07. The van der Waals surface area contributed by atoms with E-state index in [0.717, 1.165) is 11.1 Å². The summed E-state index contributed by atoms with van der Waals surface area (Å²) in [6.45, 7) is 3.81. The molecule has 0 aromatic heterocycles. The van der Waals surface area contributed by atoms with Crippen molar-refractivity contribution in [3.63, 3.8) is 0 Å². The van der Waals surface area contributed by atoms with Gasteiger partial charge in [0.1, 0.15) is 5.75 Å². The maximum absolute atomic E-state index is 9.52. The van der Waals surface area contributed by atoms with Gasteiger partial charge in [-0.2, -0.15) is 0 Å². The van der Waals surface area contributed by atoms with Crippen LogP contribution in [-0.2, 0) is 0 Å². The number of aryl methyl sites for hydroxylation is 1. The fourth-order valence-electron chi connectivity index (χ4n) is 1.25. The highest BCUT2D eigenvalue weighted by Gasteiger charge is 2.07. The number of benzene rings is 1. The first-order valence-corrected chi connectivity index (χ1v) is 4.12. The lowest BCUT2D eigenvalue weighted by atomic mass is 10.0. The molecule has 0 aliphatic carbocycles. The molecule has 1 unspecified atom stereocenters. The molecule has 1 aromatic carbocycles. The molecule has 0 aliphatic heterocycles. The zero-order valence-corrected chi connectivity index (χ0v) is 7.41. The van der Waals surface area contributed by atoms with Gasteiger partial charge in [0.2, 0.25) is 0 Å². The molecule has 0 fully saturated rings. The molecule has 0 amide bonds. The highest BCUT2D eigenvalue weighted by Crippen LogP contribution is 2.23. The second kappa shape index (κ2) is 3.59. The van der Waals surface area contributed by atoms with E-state index in [1.54, 1.807) is 18.2 Å². The Labute approximate surface area is 72.5 Å². The van der Waals surface area contributed by atoms with E-state index in [2.05, 4.69) is 0 Å². The molecule has 0 saturated heterocycles. The fourth-order valence-corrected chi connectivity index (χ4v) is 1.25. The summed E-state index contributed by atoms with van der Waals surface area (Å²) < 4.78 is 0. The highest BCUT2D eigenvalue weighted by molar-refractivity contribution is 5.35. The molecule has 0 heterocycles. The van der Waals surface area contributed by atoms with Crippen molar-refractivity contribution in [3.8, 4) is 5.75 Å². The number of rotatable bonds is 2. The molecule has 0 bridgehead atoms. The van der Waals surface area contributed by atoms with Crippen molar-refractivity contribution in [2.75, 3.05) is 0 Å². The molecule has 0 aliphatic rings. The lowest BCUT2D eigenvalue weighted by molar-refractivity contribution is 0.173. The van der Waals surface area contributed by atoms with Crippen LogP contribution < -0.4 is 0 Å². The van der Waals surface area contributed by atoms with E-state index >= 15 is 0 Å². The SMILES string of the molecule is CCC(O)c1ccc(O)cc1C. The van der Waals surface area contributed by atoms with Crippen molar-refractivity contribution in [2.45, 2.75) is 26.4 Å². The first-order chi connectivity index (χ1) is 5.65. The van der Waals surface area contributed by atoms with Gasteiger partial charge in [-0.25, -0.2) is 0 Å². The van der Waals surface area contributed by atoms with E-state index in [9.17, 15) is 5.11 Å². The van der Waals surface area contributed by atoms with Crippen LogP contribution in [0.4, 0.5) is 0 Å². The summed E-state index contributed by atoms with van der Waals surface area (Å²) in [7, 11) is 0. The number of aliphatic hydroxyl groups excluding tert-OH is 1. The van der Waals surface area contributed by atoms with Crippen molar-refractivity contribution < 1.29 is 10.2 Å². The third kappa shape index (κ3) is 1.77. The van der Waals surface area contributed by atoms with Crippen molar-refractivity contribution in [1.82, 2.24) is 0 Å². The predicted molar refractivity (Wildman–Crippen MR) is 48.1 cm³/mol. The highest BCUT2D eigenvalue weighted by atomic mass is 16.3. The minimum absolute atomic E-state index is 0.250. The summed E-state index contributed by atoms with van der Waals surface area (Å²) in [5.74, 6) is 0.250. The normalized spacial score (nSPS) is 12.9. The van der Waals surface area contributed by atoms with Gasteiger partial charge in [0.25, 0.3) is 0 Å². The summed E-state index contributed by atoms with van der Waals surface area (Å²) >= 11 is 0. The molecular formula is C10H14O2. The molecule has 2 heteroatoms. The Morgan fingerprint density at radius 3 is 2.58 bits per heavy atom. The van der Waals surface area contributed by atoms with Gasteiger partial charge in [-0.15, -0.1) is 0 Å². The van der Waals surface area contributed by atoms with Gasteiger partial charge in [0.05, 0.1) is 6.10 Å². The minimum Gasteiger partial charge on any atom is -0.508 e. The third-order valence-electron chi connectivity index (χ3n) is 2.00. The van der Waals surface area contributed by atoms with Crippen LogP contribution in [0.2, 0.25) is 0 Å². The van der Waals surface area contributed by atoms with Crippen molar-refractivity contribution in [1.29, 1.82) is 0 Å². The Morgan fingerprint density at radius 1 is 1.42 bits per heavy atom. The molecule has 66 valence electrons. The standard InChI is InChI=1S/C10H14O2/c1-3-10(12)9-5-4-8(11)6-7(9)2/h4-6,10-12H,3H2,1-2H3. The first-order valence-electron chi connectivity index (χ1n) is 4.12. The van der Waals surface area contributed by atoms with Crippen molar-refractivity contribution in [2.24, 2.45) is 0 Å². The van der Waals surface area contributed by atoms with E-state index in [1.165, 1.54) is 0 Å². The molecule has 12 heavy (non-hydrogen) atoms. The van der Waals surface area contributed by atoms with E-state index in [4.69, 9.17) is 5.11 Å². The number of hydrogen-bond donors (Lipinski definition) is 2. The van der Waals surface area contributed by atoms with Gasteiger partial charge in [-0.1, -0.05) is 13.0 Å². The molecule has 1 aromatic rings. The monoisotopic (exact) mass is 166 g/mol. The van der Waals surface area contributed by atoms with Crippen LogP contribution in [-0.4, -0.2) is 10.2 Å². The largest absolute Gasteiger partial charge is 0.508 e. The Kier molecular flexibility index (Phi) is 2.71. The van der Waals surface area contributed by atoms with Crippen LogP contribution in [0.15, 0.2) is 18.2 Å². The number of phenolic OH excluding ortho intramolecular Hbond substituents is 1. The summed E-state index contributed by atoms with van der Waals surface area (Å²) in [6.07, 6.45) is 0.289. The topological polar surface area (TPSA) is 40.5 Å². The number of phenols is 1. The van der Waals surface area contributed by atoms with Crippen molar-refractivity contribution in [3.05, 3.63) is 29.3 Å². The second-order valence-corrected chi connectivity index (χ2v) is 2.96. The molecule has 1 atom stereocenters. The average Bonchev–Trinajstić information content (AvgIpc) is 2.03. The number of aliphatic hydroxyl groups is 1. The van der Waals surface area contributed by atoms with Crippen LogP contribution in [0.5, 0.6) is 5.75 Å². The Morgan fingerprint density at radius 2 is 2.08 bits per heavy atom. The molecule has 0 radical (unpaired) electrons. The smallest absolute Gasteiger partial charge is 0.115 e. The molecule has 1 rings (SSSR count). The van der Waals surface area contributed by atoms with E-state index < -0.39 is 6.10 Å². The van der Waals surface area contributed by atoms with E-state index in [-0.39, 0.29) is 5.75 Å². The van der Waals surface area contributed by atoms with Gasteiger partial charge in [0, 0.05) is 0 Å². The van der Waals surface area contributed by atoms with Crippen LogP contribution in [0.1, 0.15) is 30.6 Å². The summed E-state index contributed by atoms with van der Waals surface area (Å²) in [5.41, 5.74) is 1.83. The van der Waals surface area contributed by atoms with E-state index in [0.29, 0.717) is 6.42 Å². The van der Waals surface area contributed by atoms with Gasteiger partial charge >= 0.3 is 0 Å². The predicted octanol–water partition coefficient (Wildman–Crippen LogP) is 2.14. The van der Waals surface area contributed by atoms with Gasteiger partial charge in [-0.3, -0.25) is 0 Å². The van der Waals surface area contributed by atoms with Crippen LogP contribution in [0.3, 0.4) is 0 Å². The Hall–Kier alpha value is -1.02. The third-order valence-corrected chi connectivity index (χ3v) is 2.00. The Balaban J connectivity index is 3.01.